The van der Waals surface area contributed by atoms with Crippen LogP contribution in [-0.4, -0.2) is 17.7 Å². The summed E-state index contributed by atoms with van der Waals surface area (Å²) in [6.45, 7) is 2.69. The van der Waals surface area contributed by atoms with E-state index >= 15 is 0 Å². The first-order valence-electron chi connectivity index (χ1n) is 7.15. The normalized spacial score (nSPS) is 13.5. The molecule has 2 aromatic rings. The number of benzene rings is 1. The maximum absolute atomic E-state index is 12.5. The van der Waals surface area contributed by atoms with Crippen molar-refractivity contribution in [1.29, 1.82) is 0 Å². The molecule has 114 valence electrons. The maximum Gasteiger partial charge on any atom is 0.389 e. The number of rotatable bonds is 6. The highest BCUT2D eigenvalue weighted by Crippen LogP contribution is 2.30. The van der Waals surface area contributed by atoms with Gasteiger partial charge in [0.05, 0.1) is 5.52 Å². The van der Waals surface area contributed by atoms with Gasteiger partial charge < -0.3 is 5.32 Å². The van der Waals surface area contributed by atoms with Crippen molar-refractivity contribution in [2.24, 2.45) is 0 Å². The topological polar surface area (TPSA) is 24.9 Å². The minimum Gasteiger partial charge on any atom is -0.310 e. The average Bonchev–Trinajstić information content (AvgIpc) is 2.46. The van der Waals surface area contributed by atoms with Crippen LogP contribution in [0.3, 0.4) is 0 Å². The lowest BCUT2D eigenvalue weighted by Crippen LogP contribution is -2.24. The summed E-state index contributed by atoms with van der Waals surface area (Å²) in [4.78, 5) is 4.26. The predicted octanol–water partition coefficient (Wildman–Crippen LogP) is 4.62. The second kappa shape index (κ2) is 6.89. The first-order chi connectivity index (χ1) is 10.0. The van der Waals surface area contributed by atoms with Crippen LogP contribution < -0.4 is 5.32 Å². The van der Waals surface area contributed by atoms with Crippen molar-refractivity contribution in [3.63, 3.8) is 0 Å². The lowest BCUT2D eigenvalue weighted by atomic mass is 9.98. The lowest BCUT2D eigenvalue weighted by molar-refractivity contribution is -0.136. The minimum atomic E-state index is -4.13. The van der Waals surface area contributed by atoms with Crippen molar-refractivity contribution < 1.29 is 13.2 Å². The molecule has 0 aliphatic rings. The van der Waals surface area contributed by atoms with E-state index < -0.39 is 12.6 Å². The molecule has 5 heteroatoms. The summed E-state index contributed by atoms with van der Waals surface area (Å²) in [7, 11) is 0. The van der Waals surface area contributed by atoms with Crippen LogP contribution in [0.25, 0.3) is 10.9 Å². The Morgan fingerprint density at radius 3 is 2.67 bits per heavy atom. The highest BCUT2D eigenvalue weighted by Gasteiger charge is 2.29. The van der Waals surface area contributed by atoms with Gasteiger partial charge in [-0.1, -0.05) is 25.1 Å². The van der Waals surface area contributed by atoms with Gasteiger partial charge in [-0.3, -0.25) is 4.98 Å². The molecule has 1 heterocycles. The molecule has 0 radical (unpaired) electrons. The van der Waals surface area contributed by atoms with Gasteiger partial charge >= 0.3 is 6.18 Å². The smallest absolute Gasteiger partial charge is 0.310 e. The Morgan fingerprint density at radius 1 is 1.19 bits per heavy atom. The summed E-state index contributed by atoms with van der Waals surface area (Å²) in [6.07, 6.45) is -2.34. The van der Waals surface area contributed by atoms with E-state index in [-0.39, 0.29) is 12.5 Å². The third kappa shape index (κ3) is 4.43. The van der Waals surface area contributed by atoms with Crippen LogP contribution in [-0.2, 0) is 0 Å². The second-order valence-electron chi connectivity index (χ2n) is 5.08. The van der Waals surface area contributed by atoms with Crippen molar-refractivity contribution in [3.05, 3.63) is 42.1 Å². The molecule has 21 heavy (non-hydrogen) atoms. The Bertz CT molecular complexity index is 576. The highest BCUT2D eigenvalue weighted by atomic mass is 19.4. The summed E-state index contributed by atoms with van der Waals surface area (Å²) in [6, 6.07) is 9.05. The molecule has 1 N–H and O–H groups in total. The zero-order valence-corrected chi connectivity index (χ0v) is 12.0. The lowest BCUT2D eigenvalue weighted by Gasteiger charge is -2.21. The number of nitrogens with zero attached hydrogens (tertiary/aromatic N) is 1. The number of pyridine rings is 1. The van der Waals surface area contributed by atoms with E-state index in [0.717, 1.165) is 22.9 Å². The van der Waals surface area contributed by atoms with Crippen LogP contribution in [0.2, 0.25) is 0 Å². The summed E-state index contributed by atoms with van der Waals surface area (Å²) >= 11 is 0. The number of aromatic nitrogens is 1. The molecule has 0 bridgehead atoms. The monoisotopic (exact) mass is 296 g/mol. The molecule has 1 atom stereocenters. The van der Waals surface area contributed by atoms with Gasteiger partial charge in [-0.25, -0.2) is 0 Å². The fourth-order valence-corrected chi connectivity index (χ4v) is 2.42. The SMILES string of the molecule is CCCNC(CCC(F)(F)F)c1ccnc2ccccc12. The van der Waals surface area contributed by atoms with Gasteiger partial charge in [-0.2, -0.15) is 13.2 Å². The summed E-state index contributed by atoms with van der Waals surface area (Å²) in [5.74, 6) is 0. The predicted molar refractivity (Wildman–Crippen MR) is 78.1 cm³/mol. The Labute approximate surface area is 122 Å². The number of hydrogen-bond donors (Lipinski definition) is 1. The van der Waals surface area contributed by atoms with Gasteiger partial charge in [0.25, 0.3) is 0 Å². The Morgan fingerprint density at radius 2 is 1.95 bits per heavy atom. The van der Waals surface area contributed by atoms with Crippen LogP contribution in [0, 0.1) is 0 Å². The van der Waals surface area contributed by atoms with Gasteiger partial charge in [0.2, 0.25) is 0 Å². The fraction of sp³-hybridized carbons (Fsp3) is 0.438. The van der Waals surface area contributed by atoms with Crippen LogP contribution in [0.15, 0.2) is 36.5 Å². The van der Waals surface area contributed by atoms with E-state index in [1.165, 1.54) is 0 Å². The number of hydrogen-bond acceptors (Lipinski definition) is 2. The van der Waals surface area contributed by atoms with Crippen LogP contribution >= 0.6 is 0 Å². The number of alkyl halides is 3. The van der Waals surface area contributed by atoms with Gasteiger partial charge in [0.15, 0.2) is 0 Å². The summed E-state index contributed by atoms with van der Waals surface area (Å²) in [5.41, 5.74) is 1.70. The average molecular weight is 296 g/mol. The van der Waals surface area contributed by atoms with Crippen molar-refractivity contribution in [3.8, 4) is 0 Å². The van der Waals surface area contributed by atoms with E-state index in [0.29, 0.717) is 6.54 Å². The molecule has 2 rings (SSSR count). The van der Waals surface area contributed by atoms with Gasteiger partial charge in [-0.05, 0) is 37.1 Å². The van der Waals surface area contributed by atoms with Crippen LogP contribution in [0.1, 0.15) is 37.8 Å². The summed E-state index contributed by atoms with van der Waals surface area (Å²) in [5, 5.41) is 4.14. The Kier molecular flexibility index (Phi) is 5.17. The summed E-state index contributed by atoms with van der Waals surface area (Å²) < 4.78 is 37.6. The molecule has 0 spiro atoms. The van der Waals surface area contributed by atoms with Crippen LogP contribution in [0.5, 0.6) is 0 Å². The number of halogens is 3. The number of fused-ring (bicyclic) bond motifs is 1. The first kappa shape index (κ1) is 15.8. The van der Waals surface area contributed by atoms with Crippen molar-refractivity contribution in [1.82, 2.24) is 10.3 Å². The minimum absolute atomic E-state index is 0.0392. The quantitative estimate of drug-likeness (QED) is 0.841. The Hall–Kier alpha value is -1.62. The molecule has 2 nitrogen and oxygen atoms in total. The largest absolute Gasteiger partial charge is 0.389 e. The second-order valence-corrected chi connectivity index (χ2v) is 5.08. The van der Waals surface area contributed by atoms with E-state index in [1.807, 2.05) is 37.3 Å². The van der Waals surface area contributed by atoms with E-state index in [2.05, 4.69) is 10.3 Å². The molecule has 1 aromatic heterocycles. The van der Waals surface area contributed by atoms with Crippen molar-refractivity contribution >= 4 is 10.9 Å². The number of nitrogens with one attached hydrogen (secondary N) is 1. The highest BCUT2D eigenvalue weighted by molar-refractivity contribution is 5.82. The van der Waals surface area contributed by atoms with Crippen LogP contribution in [0.4, 0.5) is 13.2 Å². The maximum atomic E-state index is 12.5. The molecule has 0 saturated heterocycles. The molecule has 0 aliphatic heterocycles. The molecule has 0 saturated carbocycles. The van der Waals surface area contributed by atoms with Gasteiger partial charge in [0.1, 0.15) is 0 Å². The van der Waals surface area contributed by atoms with E-state index in [1.54, 1.807) is 6.20 Å². The molecule has 1 unspecified atom stereocenters. The zero-order chi connectivity index (χ0) is 15.3. The molecule has 1 aromatic carbocycles. The fourth-order valence-electron chi connectivity index (χ4n) is 2.42. The zero-order valence-electron chi connectivity index (χ0n) is 12.0. The van der Waals surface area contributed by atoms with Gasteiger partial charge in [0, 0.05) is 24.0 Å². The third-order valence-electron chi connectivity index (χ3n) is 3.42. The van der Waals surface area contributed by atoms with Gasteiger partial charge in [-0.15, -0.1) is 0 Å². The van der Waals surface area contributed by atoms with E-state index in [4.69, 9.17) is 0 Å². The first-order valence-corrected chi connectivity index (χ1v) is 7.15. The van der Waals surface area contributed by atoms with E-state index in [9.17, 15) is 13.2 Å². The number of para-hydroxylation sites is 1. The van der Waals surface area contributed by atoms with Crippen molar-refractivity contribution in [2.45, 2.75) is 38.4 Å². The molecule has 0 aliphatic carbocycles. The van der Waals surface area contributed by atoms with Crippen molar-refractivity contribution in [2.75, 3.05) is 6.54 Å². The standard InChI is InChI=1S/C16H19F3N2/c1-2-10-20-15(7-9-16(17,18)19)13-8-11-21-14-6-4-3-5-12(13)14/h3-6,8,11,15,20H,2,7,9-10H2,1H3. The molecule has 0 fully saturated rings. The molecular weight excluding hydrogens is 277 g/mol. The molecule has 0 amide bonds. The third-order valence-corrected chi connectivity index (χ3v) is 3.42. The Balaban J connectivity index is 2.29. The molecular formula is C16H19F3N2.